The van der Waals surface area contributed by atoms with Crippen LogP contribution in [0.3, 0.4) is 0 Å². The Morgan fingerprint density at radius 2 is 1.19 bits per heavy atom. The molecule has 226 valence electrons. The molecule has 8 aromatic carbocycles. The Morgan fingerprint density at radius 1 is 0.500 bits per heavy atom. The van der Waals surface area contributed by atoms with Gasteiger partial charge in [-0.1, -0.05) is 109 Å². The van der Waals surface area contributed by atoms with Gasteiger partial charge in [-0.15, -0.1) is 11.3 Å². The zero-order valence-corrected chi connectivity index (χ0v) is 27.5. The van der Waals surface area contributed by atoms with E-state index in [9.17, 15) is 0 Å². The molecule has 0 fully saturated rings. The van der Waals surface area contributed by atoms with Crippen LogP contribution in [0.25, 0.3) is 109 Å². The standard InChI is InChI=1S/C46H30OS/c1-3-27-25-28-11-5-6-12-32(28)44(30(27)4-2)35-19-18-31(33-13-7-8-14-34(33)35)29-17-24-43-40(26-29)38-21-20-36-37(46(38)48-43)22-23-42-45(36)39-15-9-10-16-41(39)47-42/h3-26H,1-2H3/b27-3-,30-4+. The van der Waals surface area contributed by atoms with Crippen LogP contribution in [0, 0.1) is 0 Å². The molecule has 0 N–H and O–H groups in total. The van der Waals surface area contributed by atoms with Crippen molar-refractivity contribution >= 4 is 97.9 Å². The third kappa shape index (κ3) is 3.84. The maximum Gasteiger partial charge on any atom is 0.136 e. The molecule has 2 aromatic heterocycles. The van der Waals surface area contributed by atoms with Gasteiger partial charge in [0.2, 0.25) is 0 Å². The average molecular weight is 631 g/mol. The third-order valence-corrected chi connectivity index (χ3v) is 11.4. The van der Waals surface area contributed by atoms with E-state index in [1.165, 1.54) is 96.0 Å². The summed E-state index contributed by atoms with van der Waals surface area (Å²) in [6.45, 7) is 4.29. The molecule has 0 aliphatic heterocycles. The van der Waals surface area contributed by atoms with E-state index in [0.717, 1.165) is 11.2 Å². The molecule has 0 bridgehead atoms. The van der Waals surface area contributed by atoms with Crippen molar-refractivity contribution in [1.82, 2.24) is 0 Å². The van der Waals surface area contributed by atoms with Crippen molar-refractivity contribution in [1.29, 1.82) is 0 Å². The van der Waals surface area contributed by atoms with Gasteiger partial charge in [0.15, 0.2) is 0 Å². The van der Waals surface area contributed by atoms with Crippen molar-refractivity contribution < 1.29 is 4.42 Å². The second-order valence-electron chi connectivity index (χ2n) is 12.6. The zero-order valence-electron chi connectivity index (χ0n) is 26.7. The van der Waals surface area contributed by atoms with Crippen LogP contribution in [0.2, 0.25) is 0 Å². The Bertz CT molecular complexity index is 3080. The molecule has 48 heavy (non-hydrogen) atoms. The van der Waals surface area contributed by atoms with Crippen molar-refractivity contribution in [3.05, 3.63) is 144 Å². The summed E-state index contributed by atoms with van der Waals surface area (Å²) in [5.41, 5.74) is 6.95. The van der Waals surface area contributed by atoms with Crippen LogP contribution < -0.4 is 10.4 Å². The van der Waals surface area contributed by atoms with Crippen LogP contribution in [0.15, 0.2) is 138 Å². The van der Waals surface area contributed by atoms with Crippen LogP contribution in [0.4, 0.5) is 0 Å². The van der Waals surface area contributed by atoms with Crippen molar-refractivity contribution in [3.8, 4) is 22.3 Å². The predicted octanol–water partition coefficient (Wildman–Crippen LogP) is 12.3. The number of furan rings is 1. The Balaban J connectivity index is 1.20. The summed E-state index contributed by atoms with van der Waals surface area (Å²) in [5, 5.41) is 15.2. The van der Waals surface area contributed by atoms with E-state index >= 15 is 0 Å². The number of benzene rings is 8. The topological polar surface area (TPSA) is 13.1 Å². The minimum atomic E-state index is 0.938. The van der Waals surface area contributed by atoms with Crippen LogP contribution in [0.1, 0.15) is 13.8 Å². The van der Waals surface area contributed by atoms with E-state index in [0.29, 0.717) is 0 Å². The van der Waals surface area contributed by atoms with E-state index in [-0.39, 0.29) is 0 Å². The highest BCUT2D eigenvalue weighted by molar-refractivity contribution is 7.26. The first-order valence-electron chi connectivity index (χ1n) is 16.6. The minimum absolute atomic E-state index is 0.938. The van der Waals surface area contributed by atoms with Gasteiger partial charge < -0.3 is 4.42 Å². The summed E-state index contributed by atoms with van der Waals surface area (Å²) in [5.74, 6) is 0. The Hall–Kier alpha value is -5.70. The molecule has 0 radical (unpaired) electrons. The maximum atomic E-state index is 6.21. The van der Waals surface area contributed by atoms with Gasteiger partial charge in [-0.3, -0.25) is 0 Å². The first-order valence-corrected chi connectivity index (χ1v) is 17.4. The summed E-state index contributed by atoms with van der Waals surface area (Å²) in [6, 6.07) is 49.0. The number of hydrogen-bond donors (Lipinski definition) is 0. The first kappa shape index (κ1) is 27.4. The lowest BCUT2D eigenvalue weighted by atomic mass is 9.88. The van der Waals surface area contributed by atoms with Gasteiger partial charge in [0.1, 0.15) is 11.2 Å². The summed E-state index contributed by atoms with van der Waals surface area (Å²) in [6.07, 6.45) is 4.49. The fraction of sp³-hybridized carbons (Fsp3) is 0.0435. The van der Waals surface area contributed by atoms with E-state index in [2.05, 4.69) is 153 Å². The van der Waals surface area contributed by atoms with Gasteiger partial charge in [0.25, 0.3) is 0 Å². The molecule has 0 atom stereocenters. The molecular formula is C46H30OS. The highest BCUT2D eigenvalue weighted by Gasteiger charge is 2.17. The molecule has 10 aromatic rings. The van der Waals surface area contributed by atoms with Crippen molar-refractivity contribution in [2.75, 3.05) is 0 Å². The smallest absolute Gasteiger partial charge is 0.136 e. The van der Waals surface area contributed by atoms with Gasteiger partial charge in [0.05, 0.1) is 0 Å². The van der Waals surface area contributed by atoms with Crippen LogP contribution in [-0.2, 0) is 0 Å². The van der Waals surface area contributed by atoms with Gasteiger partial charge >= 0.3 is 0 Å². The molecule has 0 spiro atoms. The van der Waals surface area contributed by atoms with Crippen LogP contribution in [-0.4, -0.2) is 0 Å². The molecule has 0 aliphatic carbocycles. The number of para-hydroxylation sites is 1. The van der Waals surface area contributed by atoms with Crippen molar-refractivity contribution in [2.24, 2.45) is 0 Å². The number of thiophene rings is 1. The second kappa shape index (κ2) is 10.4. The molecule has 0 unspecified atom stereocenters. The normalized spacial score (nSPS) is 13.0. The first-order chi connectivity index (χ1) is 23.7. The summed E-state index contributed by atoms with van der Waals surface area (Å²) < 4.78 is 8.85. The molecule has 2 heteroatoms. The third-order valence-electron chi connectivity index (χ3n) is 10.2. The van der Waals surface area contributed by atoms with E-state index < -0.39 is 0 Å². The molecule has 0 saturated carbocycles. The van der Waals surface area contributed by atoms with E-state index in [4.69, 9.17) is 4.42 Å². The van der Waals surface area contributed by atoms with E-state index in [1.807, 2.05) is 17.4 Å². The molecule has 0 amide bonds. The number of hydrogen-bond acceptors (Lipinski definition) is 2. The summed E-state index contributed by atoms with van der Waals surface area (Å²) in [7, 11) is 0. The average Bonchev–Trinajstić information content (AvgIpc) is 3.72. The predicted molar refractivity (Wildman–Crippen MR) is 210 cm³/mol. The Morgan fingerprint density at radius 3 is 2.02 bits per heavy atom. The summed E-state index contributed by atoms with van der Waals surface area (Å²) >= 11 is 1.89. The molecular weight excluding hydrogens is 601 g/mol. The number of fused-ring (bicyclic) bond motifs is 11. The van der Waals surface area contributed by atoms with Crippen LogP contribution in [0.5, 0.6) is 0 Å². The lowest BCUT2D eigenvalue weighted by Gasteiger charge is -2.15. The molecule has 10 rings (SSSR count). The fourth-order valence-corrected chi connectivity index (χ4v) is 9.24. The van der Waals surface area contributed by atoms with Gasteiger partial charge in [-0.05, 0) is 110 Å². The Kier molecular flexibility index (Phi) is 5.94. The van der Waals surface area contributed by atoms with Crippen molar-refractivity contribution in [3.63, 3.8) is 0 Å². The monoisotopic (exact) mass is 630 g/mol. The maximum absolute atomic E-state index is 6.21. The fourth-order valence-electron chi connectivity index (χ4n) is 8.02. The lowest BCUT2D eigenvalue weighted by Crippen LogP contribution is -2.26. The van der Waals surface area contributed by atoms with Gasteiger partial charge in [0, 0.05) is 36.3 Å². The van der Waals surface area contributed by atoms with Gasteiger partial charge in [-0.25, -0.2) is 0 Å². The molecule has 0 saturated heterocycles. The van der Waals surface area contributed by atoms with Crippen molar-refractivity contribution in [2.45, 2.75) is 13.8 Å². The second-order valence-corrected chi connectivity index (χ2v) is 13.7. The minimum Gasteiger partial charge on any atom is -0.456 e. The number of rotatable bonds is 2. The SMILES string of the molecule is C/C=c1/cc2ccccc2c(-c2ccc(-c3ccc4sc5c(ccc6c5ccc5oc7ccccc7c56)c4c3)c3ccccc23)/c1=C/C. The van der Waals surface area contributed by atoms with Gasteiger partial charge in [-0.2, -0.15) is 0 Å². The molecule has 1 nitrogen and oxygen atoms in total. The lowest BCUT2D eigenvalue weighted by molar-refractivity contribution is 0.669. The Labute approximate surface area is 281 Å². The summed E-state index contributed by atoms with van der Waals surface area (Å²) in [4.78, 5) is 0. The molecule has 0 aliphatic rings. The quantitative estimate of drug-likeness (QED) is 0.185. The zero-order chi connectivity index (χ0) is 31.9. The highest BCUT2D eigenvalue weighted by atomic mass is 32.1. The molecule has 2 heterocycles. The highest BCUT2D eigenvalue weighted by Crippen LogP contribution is 2.44. The van der Waals surface area contributed by atoms with E-state index in [1.54, 1.807) is 0 Å². The largest absolute Gasteiger partial charge is 0.456 e. The van der Waals surface area contributed by atoms with Crippen LogP contribution >= 0.6 is 11.3 Å².